The summed E-state index contributed by atoms with van der Waals surface area (Å²) < 4.78 is 21.6. The normalized spacial score (nSPS) is 12.7. The van der Waals surface area contributed by atoms with Gasteiger partial charge in [0.25, 0.3) is 0 Å². The Morgan fingerprint density at radius 3 is 2.00 bits per heavy atom. The molecule has 0 radical (unpaired) electrons. The predicted molar refractivity (Wildman–Crippen MR) is 132 cm³/mol. The second kappa shape index (κ2) is 13.0. The molecule has 1 unspecified atom stereocenters. The molecule has 33 heavy (non-hydrogen) atoms. The van der Waals surface area contributed by atoms with Crippen molar-refractivity contribution in [3.05, 3.63) is 47.5 Å². The summed E-state index contributed by atoms with van der Waals surface area (Å²) in [6, 6.07) is 14.5. The summed E-state index contributed by atoms with van der Waals surface area (Å²) in [6.45, 7) is 3.98. The van der Waals surface area contributed by atoms with Gasteiger partial charge >= 0.3 is 0 Å². The summed E-state index contributed by atoms with van der Waals surface area (Å²) >= 11 is 0. The second-order valence-electron chi connectivity index (χ2n) is 8.36. The minimum atomic E-state index is -0.529. The van der Waals surface area contributed by atoms with E-state index in [2.05, 4.69) is 31.0 Å². The molecule has 0 aliphatic rings. The quantitative estimate of drug-likeness (QED) is 0.389. The lowest BCUT2D eigenvalue weighted by atomic mass is 9.74. The van der Waals surface area contributed by atoms with Crippen molar-refractivity contribution >= 4 is 0 Å². The van der Waals surface area contributed by atoms with Gasteiger partial charge in [0.1, 0.15) is 0 Å². The van der Waals surface area contributed by atoms with Crippen LogP contribution in [0.2, 0.25) is 0 Å². The number of nitrogens with zero attached hydrogens (tertiary/aromatic N) is 2. The number of benzene rings is 2. The van der Waals surface area contributed by atoms with E-state index in [1.54, 1.807) is 28.4 Å². The van der Waals surface area contributed by atoms with E-state index in [-0.39, 0.29) is 0 Å². The average Bonchev–Trinajstić information content (AvgIpc) is 2.86. The van der Waals surface area contributed by atoms with Crippen LogP contribution in [0.25, 0.3) is 0 Å². The topological polar surface area (TPSA) is 64.0 Å². The highest BCUT2D eigenvalue weighted by Gasteiger charge is 2.32. The van der Waals surface area contributed by atoms with Crippen molar-refractivity contribution in [1.82, 2.24) is 4.90 Å². The largest absolute Gasteiger partial charge is 0.493 e. The number of nitriles is 1. The van der Waals surface area contributed by atoms with Gasteiger partial charge in [-0.15, -0.1) is 0 Å². The Morgan fingerprint density at radius 2 is 1.42 bits per heavy atom. The highest BCUT2D eigenvalue weighted by molar-refractivity contribution is 5.47. The van der Waals surface area contributed by atoms with Crippen LogP contribution < -0.4 is 18.9 Å². The van der Waals surface area contributed by atoms with E-state index in [4.69, 9.17) is 18.9 Å². The third-order valence-corrected chi connectivity index (χ3v) is 6.20. The predicted octanol–water partition coefficient (Wildman–Crippen LogP) is 5.24. The van der Waals surface area contributed by atoms with Gasteiger partial charge in [-0.3, -0.25) is 0 Å². The van der Waals surface area contributed by atoms with Gasteiger partial charge in [0.05, 0.1) is 39.9 Å². The maximum absolute atomic E-state index is 10.2. The van der Waals surface area contributed by atoms with Gasteiger partial charge in [-0.05, 0) is 74.7 Å². The Hall–Kier alpha value is -2.91. The third-order valence-electron chi connectivity index (χ3n) is 6.20. The molecule has 0 saturated heterocycles. The average molecular weight is 455 g/mol. The summed E-state index contributed by atoms with van der Waals surface area (Å²) in [6.07, 6.45) is 4.41. The molecule has 0 aliphatic carbocycles. The van der Waals surface area contributed by atoms with E-state index in [1.807, 2.05) is 30.3 Å². The molecule has 0 amide bonds. The molecule has 0 spiro atoms. The van der Waals surface area contributed by atoms with Crippen LogP contribution in [0, 0.1) is 11.3 Å². The zero-order valence-corrected chi connectivity index (χ0v) is 20.9. The summed E-state index contributed by atoms with van der Waals surface area (Å²) in [5, 5.41) is 10.2. The van der Waals surface area contributed by atoms with Gasteiger partial charge in [-0.1, -0.05) is 25.5 Å². The third kappa shape index (κ3) is 6.79. The molecule has 0 bridgehead atoms. The van der Waals surface area contributed by atoms with Crippen LogP contribution in [0.1, 0.15) is 43.7 Å². The molecular formula is C27H38N2O4. The van der Waals surface area contributed by atoms with E-state index in [9.17, 15) is 5.26 Å². The fourth-order valence-corrected chi connectivity index (χ4v) is 4.27. The monoisotopic (exact) mass is 454 g/mol. The van der Waals surface area contributed by atoms with Crippen molar-refractivity contribution in [2.24, 2.45) is 0 Å². The van der Waals surface area contributed by atoms with Crippen LogP contribution in [0.15, 0.2) is 36.4 Å². The lowest BCUT2D eigenvalue weighted by Gasteiger charge is -2.28. The lowest BCUT2D eigenvalue weighted by Crippen LogP contribution is -2.28. The first-order valence-corrected chi connectivity index (χ1v) is 11.5. The first-order valence-electron chi connectivity index (χ1n) is 11.5. The molecule has 6 heteroatoms. The highest BCUT2D eigenvalue weighted by atomic mass is 16.5. The van der Waals surface area contributed by atoms with Crippen LogP contribution >= 0.6 is 0 Å². The molecule has 180 valence electrons. The Bertz CT molecular complexity index is 925. The fraction of sp³-hybridized carbons (Fsp3) is 0.519. The molecule has 0 fully saturated rings. The van der Waals surface area contributed by atoms with Crippen molar-refractivity contribution in [3.63, 3.8) is 0 Å². The van der Waals surface area contributed by atoms with Crippen LogP contribution in [-0.4, -0.2) is 53.5 Å². The first-order chi connectivity index (χ1) is 16.0. The zero-order chi connectivity index (χ0) is 24.3. The number of hydrogen-bond donors (Lipinski definition) is 0. The summed E-state index contributed by atoms with van der Waals surface area (Å²) in [7, 11) is 8.68. The molecule has 2 aromatic rings. The molecule has 6 nitrogen and oxygen atoms in total. The van der Waals surface area contributed by atoms with Crippen LogP contribution in [0.3, 0.4) is 0 Å². The van der Waals surface area contributed by atoms with E-state index >= 15 is 0 Å². The summed E-state index contributed by atoms with van der Waals surface area (Å²) in [4.78, 5) is 2.32. The van der Waals surface area contributed by atoms with Gasteiger partial charge in [-0.25, -0.2) is 0 Å². The highest BCUT2D eigenvalue weighted by Crippen LogP contribution is 2.38. The van der Waals surface area contributed by atoms with E-state index in [0.717, 1.165) is 62.3 Å². The van der Waals surface area contributed by atoms with Gasteiger partial charge in [0, 0.05) is 6.54 Å². The standard InChI is InChI=1S/C27H38N2O4/c1-7-14-27(20-28,22-10-12-24(31-4)26(19-22)33-6)15-8-16-29(2)17-13-21-9-11-23(30-3)25(18-21)32-5/h9-12,18-19H,7-8,13-17H2,1-6H3. The molecule has 1 atom stereocenters. The number of hydrogen-bond acceptors (Lipinski definition) is 6. The van der Waals surface area contributed by atoms with Gasteiger partial charge in [-0.2, -0.15) is 5.26 Å². The summed E-state index contributed by atoms with van der Waals surface area (Å²) in [5.41, 5.74) is 1.68. The van der Waals surface area contributed by atoms with E-state index < -0.39 is 5.41 Å². The van der Waals surface area contributed by atoms with Gasteiger partial charge in [0.15, 0.2) is 23.0 Å². The zero-order valence-electron chi connectivity index (χ0n) is 20.9. The van der Waals surface area contributed by atoms with Crippen molar-refractivity contribution < 1.29 is 18.9 Å². The Kier molecular flexibility index (Phi) is 10.3. The Balaban J connectivity index is 2.01. The summed E-state index contributed by atoms with van der Waals surface area (Å²) in [5.74, 6) is 2.84. The molecule has 0 N–H and O–H groups in total. The number of methoxy groups -OCH3 is 4. The number of likely N-dealkylation sites (N-methyl/N-ethyl adjacent to an activating group) is 1. The van der Waals surface area contributed by atoms with Crippen LogP contribution in [-0.2, 0) is 11.8 Å². The smallest absolute Gasteiger partial charge is 0.161 e. The fourth-order valence-electron chi connectivity index (χ4n) is 4.27. The molecule has 0 aromatic heterocycles. The van der Waals surface area contributed by atoms with Crippen molar-refractivity contribution in [2.45, 2.75) is 44.4 Å². The van der Waals surface area contributed by atoms with Crippen LogP contribution in [0.5, 0.6) is 23.0 Å². The van der Waals surface area contributed by atoms with Crippen LogP contribution in [0.4, 0.5) is 0 Å². The molecule has 2 rings (SSSR count). The molecule has 2 aromatic carbocycles. The molecule has 0 heterocycles. The Labute approximate surface area is 199 Å². The maximum Gasteiger partial charge on any atom is 0.161 e. The minimum absolute atomic E-state index is 0.529. The molecule has 0 aliphatic heterocycles. The number of ether oxygens (including phenoxy) is 4. The van der Waals surface area contributed by atoms with Gasteiger partial charge in [0.2, 0.25) is 0 Å². The first kappa shape index (κ1) is 26.3. The molecular weight excluding hydrogens is 416 g/mol. The van der Waals surface area contributed by atoms with Gasteiger partial charge < -0.3 is 23.8 Å². The van der Waals surface area contributed by atoms with Crippen molar-refractivity contribution in [3.8, 4) is 29.1 Å². The minimum Gasteiger partial charge on any atom is -0.493 e. The lowest BCUT2D eigenvalue weighted by molar-refractivity contribution is 0.310. The number of rotatable bonds is 14. The van der Waals surface area contributed by atoms with Crippen molar-refractivity contribution in [1.29, 1.82) is 5.26 Å². The van der Waals surface area contributed by atoms with E-state index in [1.165, 1.54) is 5.56 Å². The second-order valence-corrected chi connectivity index (χ2v) is 8.36. The van der Waals surface area contributed by atoms with E-state index in [0.29, 0.717) is 11.5 Å². The maximum atomic E-state index is 10.2. The Morgan fingerprint density at radius 1 is 0.818 bits per heavy atom. The SMILES string of the molecule is CCCC(C#N)(CCCN(C)CCc1ccc(OC)c(OC)c1)c1ccc(OC)c(OC)c1. The molecule has 0 saturated carbocycles. The van der Waals surface area contributed by atoms with Crippen molar-refractivity contribution in [2.75, 3.05) is 48.6 Å².